The van der Waals surface area contributed by atoms with Crippen molar-refractivity contribution >= 4 is 34.4 Å². The van der Waals surface area contributed by atoms with Gasteiger partial charge < -0.3 is 20.3 Å². The minimum absolute atomic E-state index is 0.200. The number of nitrogens with one attached hydrogen (secondary N) is 2. The van der Waals surface area contributed by atoms with Crippen molar-refractivity contribution in [2.24, 2.45) is 0 Å². The van der Waals surface area contributed by atoms with Gasteiger partial charge in [-0.2, -0.15) is 0 Å². The highest BCUT2D eigenvalue weighted by Crippen LogP contribution is 2.22. The molecule has 2 aromatic carbocycles. The van der Waals surface area contributed by atoms with E-state index in [2.05, 4.69) is 10.6 Å². The van der Waals surface area contributed by atoms with Crippen molar-refractivity contribution in [2.45, 2.75) is 45.3 Å². The average molecular weight is 397 g/mol. The highest BCUT2D eigenvalue weighted by atomic mass is 16.6. The van der Waals surface area contributed by atoms with E-state index in [9.17, 15) is 14.4 Å². The Hall–Kier alpha value is -3.09. The van der Waals surface area contributed by atoms with Gasteiger partial charge in [-0.25, -0.2) is 4.79 Å². The maximum atomic E-state index is 12.8. The first-order valence-corrected chi connectivity index (χ1v) is 9.79. The molecule has 7 heteroatoms. The molecule has 3 amide bonds. The van der Waals surface area contributed by atoms with Crippen molar-refractivity contribution in [1.29, 1.82) is 0 Å². The first-order chi connectivity index (χ1) is 13.7. The maximum Gasteiger partial charge on any atom is 0.408 e. The quantitative estimate of drug-likeness (QED) is 0.829. The van der Waals surface area contributed by atoms with E-state index >= 15 is 0 Å². The van der Waals surface area contributed by atoms with Crippen LogP contribution in [0.4, 0.5) is 10.5 Å². The van der Waals surface area contributed by atoms with Gasteiger partial charge in [0.05, 0.1) is 0 Å². The second-order valence-corrected chi connectivity index (χ2v) is 8.15. The molecule has 2 N–H and O–H groups in total. The zero-order valence-electron chi connectivity index (χ0n) is 17.0. The molecule has 1 fully saturated rings. The zero-order valence-corrected chi connectivity index (χ0v) is 17.0. The van der Waals surface area contributed by atoms with Crippen LogP contribution >= 0.6 is 0 Å². The molecule has 2 aromatic rings. The Kier molecular flexibility index (Phi) is 6.06. The highest BCUT2D eigenvalue weighted by Gasteiger charge is 2.34. The van der Waals surface area contributed by atoms with Crippen molar-refractivity contribution in [3.63, 3.8) is 0 Å². The number of alkyl carbamates (subject to hydrolysis) is 1. The molecule has 0 aromatic heterocycles. The van der Waals surface area contributed by atoms with E-state index in [4.69, 9.17) is 4.74 Å². The lowest BCUT2D eigenvalue weighted by Crippen LogP contribution is -2.47. The lowest BCUT2D eigenvalue weighted by Gasteiger charge is -2.25. The number of likely N-dealkylation sites (tertiary alicyclic amines) is 1. The van der Waals surface area contributed by atoms with Crippen LogP contribution in [0.1, 0.15) is 33.6 Å². The van der Waals surface area contributed by atoms with Crippen LogP contribution in [-0.2, 0) is 14.3 Å². The molecular formula is C22H27N3O4. The van der Waals surface area contributed by atoms with Gasteiger partial charge in [-0.3, -0.25) is 9.59 Å². The molecule has 7 nitrogen and oxygen atoms in total. The van der Waals surface area contributed by atoms with Crippen LogP contribution in [-0.4, -0.2) is 47.5 Å². The fraction of sp³-hybridized carbons (Fsp3) is 0.409. The standard InChI is InChI=1S/C22H27N3O4/c1-22(2,3)29-21(28)23-14-19(26)25-12-6-9-18(25)20(27)24-17-11-10-15-7-4-5-8-16(15)13-17/h4-5,7-8,10-11,13,18H,6,9,12,14H2,1-3H3,(H,23,28)(H,24,27)/t18-/m0/s1. The molecule has 0 aliphatic carbocycles. The van der Waals surface area contributed by atoms with Crippen molar-refractivity contribution in [3.05, 3.63) is 42.5 Å². The largest absolute Gasteiger partial charge is 0.444 e. The van der Waals surface area contributed by atoms with Gasteiger partial charge in [0.2, 0.25) is 11.8 Å². The first kappa shape index (κ1) is 20.6. The van der Waals surface area contributed by atoms with E-state index in [1.165, 1.54) is 4.90 Å². The van der Waals surface area contributed by atoms with Gasteiger partial charge in [-0.1, -0.05) is 30.3 Å². The smallest absolute Gasteiger partial charge is 0.408 e. The van der Waals surface area contributed by atoms with Crippen LogP contribution in [0, 0.1) is 0 Å². The number of amides is 3. The van der Waals surface area contributed by atoms with Crippen LogP contribution in [0.25, 0.3) is 10.8 Å². The number of carbonyl (C=O) groups is 3. The molecular weight excluding hydrogens is 370 g/mol. The highest BCUT2D eigenvalue weighted by molar-refractivity contribution is 5.99. The second-order valence-electron chi connectivity index (χ2n) is 8.15. The number of anilines is 1. The van der Waals surface area contributed by atoms with E-state index in [-0.39, 0.29) is 18.4 Å². The molecule has 29 heavy (non-hydrogen) atoms. The van der Waals surface area contributed by atoms with Crippen LogP contribution < -0.4 is 10.6 Å². The Morgan fingerprint density at radius 1 is 1.10 bits per heavy atom. The molecule has 0 unspecified atom stereocenters. The third-order valence-electron chi connectivity index (χ3n) is 4.68. The van der Waals surface area contributed by atoms with Gasteiger partial charge >= 0.3 is 6.09 Å². The molecule has 1 heterocycles. The maximum absolute atomic E-state index is 12.8. The van der Waals surface area contributed by atoms with Gasteiger partial charge in [-0.05, 0) is 56.5 Å². The van der Waals surface area contributed by atoms with Crippen LogP contribution in [0.3, 0.4) is 0 Å². The van der Waals surface area contributed by atoms with E-state index in [1.807, 2.05) is 42.5 Å². The zero-order chi connectivity index (χ0) is 21.0. The minimum Gasteiger partial charge on any atom is -0.444 e. The summed E-state index contributed by atoms with van der Waals surface area (Å²) in [7, 11) is 0. The van der Waals surface area contributed by atoms with E-state index < -0.39 is 17.7 Å². The monoisotopic (exact) mass is 397 g/mol. The normalized spacial score (nSPS) is 16.5. The molecule has 154 valence electrons. The SMILES string of the molecule is CC(C)(C)OC(=O)NCC(=O)N1CCC[C@H]1C(=O)Nc1ccc2ccccc2c1. The first-order valence-electron chi connectivity index (χ1n) is 9.79. The number of carbonyl (C=O) groups excluding carboxylic acids is 3. The van der Waals surface area contributed by atoms with Crippen molar-refractivity contribution < 1.29 is 19.1 Å². The topological polar surface area (TPSA) is 87.7 Å². The van der Waals surface area contributed by atoms with Crippen molar-refractivity contribution in [3.8, 4) is 0 Å². The third-order valence-corrected chi connectivity index (χ3v) is 4.68. The molecule has 1 aliphatic heterocycles. The Morgan fingerprint density at radius 2 is 1.83 bits per heavy atom. The summed E-state index contributed by atoms with van der Waals surface area (Å²) in [5.41, 5.74) is 0.0585. The molecule has 1 aliphatic rings. The van der Waals surface area contributed by atoms with Crippen molar-refractivity contribution in [1.82, 2.24) is 10.2 Å². The molecule has 0 radical (unpaired) electrons. The Bertz CT molecular complexity index is 920. The van der Waals surface area contributed by atoms with Gasteiger partial charge in [0, 0.05) is 12.2 Å². The summed E-state index contributed by atoms with van der Waals surface area (Å²) in [6.45, 7) is 5.55. The molecule has 0 bridgehead atoms. The molecule has 3 rings (SSSR count). The predicted molar refractivity (Wildman–Crippen MR) is 112 cm³/mol. The predicted octanol–water partition coefficient (Wildman–Crippen LogP) is 3.29. The van der Waals surface area contributed by atoms with Gasteiger partial charge in [0.25, 0.3) is 0 Å². The summed E-state index contributed by atoms with van der Waals surface area (Å²) in [5, 5.41) is 7.50. The van der Waals surface area contributed by atoms with E-state index in [1.54, 1.807) is 20.8 Å². The number of fused-ring (bicyclic) bond motifs is 1. The van der Waals surface area contributed by atoms with Gasteiger partial charge in [0.15, 0.2) is 0 Å². The second kappa shape index (κ2) is 8.51. The average Bonchev–Trinajstić information content (AvgIpc) is 3.15. The lowest BCUT2D eigenvalue weighted by molar-refractivity contribution is -0.135. The Morgan fingerprint density at radius 3 is 2.55 bits per heavy atom. The fourth-order valence-corrected chi connectivity index (χ4v) is 3.39. The minimum atomic E-state index is -0.651. The summed E-state index contributed by atoms with van der Waals surface area (Å²) in [6, 6.07) is 13.1. The number of hydrogen-bond acceptors (Lipinski definition) is 4. The Balaban J connectivity index is 1.59. The fourth-order valence-electron chi connectivity index (χ4n) is 3.39. The molecule has 0 saturated carbocycles. The number of rotatable bonds is 4. The third kappa shape index (κ3) is 5.47. The number of benzene rings is 2. The van der Waals surface area contributed by atoms with Gasteiger partial charge in [0.1, 0.15) is 18.2 Å². The molecule has 1 saturated heterocycles. The number of nitrogens with zero attached hydrogens (tertiary/aromatic N) is 1. The van der Waals surface area contributed by atoms with Crippen LogP contribution in [0.2, 0.25) is 0 Å². The van der Waals surface area contributed by atoms with Crippen LogP contribution in [0.15, 0.2) is 42.5 Å². The van der Waals surface area contributed by atoms with E-state index in [0.29, 0.717) is 18.7 Å². The summed E-state index contributed by atoms with van der Waals surface area (Å²) >= 11 is 0. The molecule has 1 atom stereocenters. The van der Waals surface area contributed by atoms with E-state index in [0.717, 1.165) is 17.2 Å². The summed E-state index contributed by atoms with van der Waals surface area (Å²) in [5.74, 6) is -0.518. The molecule has 0 spiro atoms. The van der Waals surface area contributed by atoms with Crippen LogP contribution in [0.5, 0.6) is 0 Å². The lowest BCUT2D eigenvalue weighted by atomic mass is 10.1. The van der Waals surface area contributed by atoms with Crippen molar-refractivity contribution in [2.75, 3.05) is 18.4 Å². The summed E-state index contributed by atoms with van der Waals surface area (Å²) < 4.78 is 5.14. The Labute approximate surface area is 170 Å². The van der Waals surface area contributed by atoms with Gasteiger partial charge in [-0.15, -0.1) is 0 Å². The summed E-state index contributed by atoms with van der Waals surface area (Å²) in [4.78, 5) is 38.6. The summed E-state index contributed by atoms with van der Waals surface area (Å²) in [6.07, 6.45) is 0.688. The number of ether oxygens (including phenoxy) is 1. The number of hydrogen-bond donors (Lipinski definition) is 2.